The second kappa shape index (κ2) is 10.2. The van der Waals surface area contributed by atoms with Gasteiger partial charge in [-0.1, -0.05) is 48.5 Å². The molecule has 4 N–H and O–H groups in total. The van der Waals surface area contributed by atoms with Gasteiger partial charge in [0, 0.05) is 62.9 Å². The number of nitrogen functional groups attached to an aromatic ring is 1. The van der Waals surface area contributed by atoms with Crippen molar-refractivity contribution in [2.75, 3.05) is 54.8 Å². The van der Waals surface area contributed by atoms with E-state index >= 15 is 0 Å². The van der Waals surface area contributed by atoms with Gasteiger partial charge < -0.3 is 21.3 Å². The molecule has 6 heteroatoms. The van der Waals surface area contributed by atoms with E-state index in [4.69, 9.17) is 11.5 Å². The Morgan fingerprint density at radius 3 is 2.22 bits per heavy atom. The minimum Gasteiger partial charge on any atom is -0.398 e. The van der Waals surface area contributed by atoms with Crippen molar-refractivity contribution in [2.24, 2.45) is 5.73 Å². The summed E-state index contributed by atoms with van der Waals surface area (Å²) in [7, 11) is 0. The zero-order valence-electron chi connectivity index (χ0n) is 18.4. The molecular formula is C26H31N5O. The average molecular weight is 430 g/mol. The van der Waals surface area contributed by atoms with Crippen LogP contribution in [-0.2, 0) is 6.54 Å². The van der Waals surface area contributed by atoms with Crippen molar-refractivity contribution in [3.8, 4) is 0 Å². The van der Waals surface area contributed by atoms with Crippen LogP contribution in [0.1, 0.15) is 15.9 Å². The number of nitrogens with two attached hydrogens (primary N) is 2. The highest BCUT2D eigenvalue weighted by atomic mass is 16.1. The third-order valence-corrected chi connectivity index (χ3v) is 6.11. The zero-order valence-corrected chi connectivity index (χ0v) is 18.4. The molecule has 0 unspecified atom stereocenters. The molecule has 32 heavy (non-hydrogen) atoms. The molecule has 166 valence electrons. The van der Waals surface area contributed by atoms with Gasteiger partial charge in [0.25, 0.3) is 5.91 Å². The Kier molecular flexibility index (Phi) is 6.92. The van der Waals surface area contributed by atoms with Gasteiger partial charge in [-0.2, -0.15) is 0 Å². The molecule has 1 saturated heterocycles. The number of hydrogen-bond donors (Lipinski definition) is 2. The molecule has 0 atom stereocenters. The van der Waals surface area contributed by atoms with E-state index in [1.165, 1.54) is 5.69 Å². The maximum atomic E-state index is 12.1. The van der Waals surface area contributed by atoms with E-state index in [2.05, 4.69) is 45.0 Å². The molecule has 1 fully saturated rings. The Morgan fingerprint density at radius 2 is 1.50 bits per heavy atom. The van der Waals surface area contributed by atoms with Gasteiger partial charge in [0.1, 0.15) is 0 Å². The van der Waals surface area contributed by atoms with Crippen LogP contribution in [0.15, 0.2) is 78.9 Å². The topological polar surface area (TPSA) is 78.8 Å². The summed E-state index contributed by atoms with van der Waals surface area (Å²) in [4.78, 5) is 19.2. The number of primary amides is 1. The zero-order chi connectivity index (χ0) is 22.3. The summed E-state index contributed by atoms with van der Waals surface area (Å²) >= 11 is 0. The summed E-state index contributed by atoms with van der Waals surface area (Å²) in [6, 6.07) is 26.0. The fourth-order valence-electron chi connectivity index (χ4n) is 4.26. The summed E-state index contributed by atoms with van der Waals surface area (Å²) < 4.78 is 0. The summed E-state index contributed by atoms with van der Waals surface area (Å²) in [5, 5.41) is 0. The van der Waals surface area contributed by atoms with Crippen molar-refractivity contribution in [3.63, 3.8) is 0 Å². The summed E-state index contributed by atoms with van der Waals surface area (Å²) in [6.45, 7) is 6.34. The van der Waals surface area contributed by atoms with Gasteiger partial charge in [-0.25, -0.2) is 0 Å². The summed E-state index contributed by atoms with van der Waals surface area (Å²) in [5.74, 6) is -0.414. The second-order valence-corrected chi connectivity index (χ2v) is 8.17. The van der Waals surface area contributed by atoms with Crippen LogP contribution < -0.4 is 21.3 Å². The molecule has 0 spiro atoms. The van der Waals surface area contributed by atoms with Gasteiger partial charge in [0.15, 0.2) is 0 Å². The molecule has 0 bridgehead atoms. The van der Waals surface area contributed by atoms with E-state index in [0.717, 1.165) is 56.2 Å². The van der Waals surface area contributed by atoms with Crippen molar-refractivity contribution < 1.29 is 4.79 Å². The van der Waals surface area contributed by atoms with Crippen LogP contribution >= 0.6 is 0 Å². The van der Waals surface area contributed by atoms with E-state index in [9.17, 15) is 4.79 Å². The van der Waals surface area contributed by atoms with Crippen LogP contribution in [-0.4, -0.2) is 50.1 Å². The predicted octanol–water partition coefficient (Wildman–Crippen LogP) is 3.20. The van der Waals surface area contributed by atoms with E-state index in [-0.39, 0.29) is 0 Å². The minimum absolute atomic E-state index is 0.414. The Morgan fingerprint density at radius 1 is 0.844 bits per heavy atom. The Bertz CT molecular complexity index is 1030. The van der Waals surface area contributed by atoms with Crippen LogP contribution in [0.3, 0.4) is 0 Å². The summed E-state index contributed by atoms with van der Waals surface area (Å²) in [6.07, 6.45) is 0. The number of rotatable bonds is 8. The number of hydrogen-bond acceptors (Lipinski definition) is 5. The lowest BCUT2D eigenvalue weighted by atomic mass is 10.1. The van der Waals surface area contributed by atoms with E-state index < -0.39 is 5.91 Å². The quantitative estimate of drug-likeness (QED) is 0.538. The standard InChI is InChI=1S/C26H31N5O/c27-24-12-6-4-8-21(24)20-31(25-13-7-5-11-23(25)26(28)32)19-16-29-14-17-30(18-15-29)22-9-2-1-3-10-22/h1-13H,14-20,27H2,(H2,28,32). The largest absolute Gasteiger partial charge is 0.398 e. The average Bonchev–Trinajstić information content (AvgIpc) is 2.84. The number of carbonyl (C=O) groups excluding carboxylic acids is 1. The molecule has 1 aliphatic heterocycles. The SMILES string of the molecule is NC(=O)c1ccccc1N(CCN1CCN(c2ccccc2)CC1)Cc1ccccc1N. The molecule has 0 radical (unpaired) electrons. The Labute approximate surface area is 190 Å². The van der Waals surface area contributed by atoms with Crippen molar-refractivity contribution >= 4 is 23.0 Å². The van der Waals surface area contributed by atoms with Crippen LogP contribution in [0, 0.1) is 0 Å². The number of anilines is 3. The molecule has 0 saturated carbocycles. The highest BCUT2D eigenvalue weighted by Crippen LogP contribution is 2.24. The summed E-state index contributed by atoms with van der Waals surface area (Å²) in [5.41, 5.74) is 16.4. The van der Waals surface area contributed by atoms with Crippen molar-refractivity contribution in [3.05, 3.63) is 90.0 Å². The monoisotopic (exact) mass is 429 g/mol. The molecule has 0 aromatic heterocycles. The third kappa shape index (κ3) is 5.21. The first-order valence-corrected chi connectivity index (χ1v) is 11.1. The lowest BCUT2D eigenvalue weighted by Crippen LogP contribution is -2.48. The molecule has 1 aliphatic rings. The van der Waals surface area contributed by atoms with E-state index in [0.29, 0.717) is 12.1 Å². The highest BCUT2D eigenvalue weighted by molar-refractivity contribution is 5.98. The Balaban J connectivity index is 1.45. The normalized spacial score (nSPS) is 14.3. The number of carbonyl (C=O) groups is 1. The fourth-order valence-corrected chi connectivity index (χ4v) is 4.26. The van der Waals surface area contributed by atoms with Gasteiger partial charge in [-0.05, 0) is 35.9 Å². The van der Waals surface area contributed by atoms with Crippen molar-refractivity contribution in [1.29, 1.82) is 0 Å². The van der Waals surface area contributed by atoms with E-state index in [1.54, 1.807) is 6.07 Å². The first-order chi connectivity index (χ1) is 15.6. The molecule has 1 amide bonds. The van der Waals surface area contributed by atoms with Crippen molar-refractivity contribution in [2.45, 2.75) is 6.54 Å². The highest BCUT2D eigenvalue weighted by Gasteiger charge is 2.20. The fraction of sp³-hybridized carbons (Fsp3) is 0.269. The molecule has 4 rings (SSSR count). The van der Waals surface area contributed by atoms with Gasteiger partial charge in [-0.3, -0.25) is 9.69 Å². The Hall–Kier alpha value is -3.51. The number of amides is 1. The molecule has 0 aliphatic carbocycles. The number of nitrogens with zero attached hydrogens (tertiary/aromatic N) is 3. The first kappa shape index (κ1) is 21.7. The second-order valence-electron chi connectivity index (χ2n) is 8.17. The molecule has 1 heterocycles. The third-order valence-electron chi connectivity index (χ3n) is 6.11. The maximum absolute atomic E-state index is 12.1. The van der Waals surface area contributed by atoms with Crippen molar-refractivity contribution in [1.82, 2.24) is 4.90 Å². The predicted molar refractivity (Wildman–Crippen MR) is 132 cm³/mol. The number of benzene rings is 3. The lowest BCUT2D eigenvalue weighted by molar-refractivity contribution is 0.100. The maximum Gasteiger partial charge on any atom is 0.250 e. The molecule has 6 nitrogen and oxygen atoms in total. The van der Waals surface area contributed by atoms with Gasteiger partial charge in [-0.15, -0.1) is 0 Å². The smallest absolute Gasteiger partial charge is 0.250 e. The molecule has 3 aromatic rings. The number of para-hydroxylation sites is 3. The molecule has 3 aromatic carbocycles. The van der Waals surface area contributed by atoms with Gasteiger partial charge in [0.05, 0.1) is 5.56 Å². The number of piperazine rings is 1. The van der Waals surface area contributed by atoms with Crippen LogP contribution in [0.25, 0.3) is 0 Å². The minimum atomic E-state index is -0.414. The molecular weight excluding hydrogens is 398 g/mol. The van der Waals surface area contributed by atoms with Gasteiger partial charge in [0.2, 0.25) is 0 Å². The first-order valence-electron chi connectivity index (χ1n) is 11.1. The van der Waals surface area contributed by atoms with E-state index in [1.807, 2.05) is 42.5 Å². The lowest BCUT2D eigenvalue weighted by Gasteiger charge is -2.37. The van der Waals surface area contributed by atoms with Crippen LogP contribution in [0.5, 0.6) is 0 Å². The van der Waals surface area contributed by atoms with Crippen LogP contribution in [0.2, 0.25) is 0 Å². The van der Waals surface area contributed by atoms with Gasteiger partial charge >= 0.3 is 0 Å². The van der Waals surface area contributed by atoms with Crippen LogP contribution in [0.4, 0.5) is 17.1 Å².